The van der Waals surface area contributed by atoms with Gasteiger partial charge < -0.3 is 4.90 Å². The fourth-order valence-electron chi connectivity index (χ4n) is 4.16. The second-order valence-corrected chi connectivity index (χ2v) is 9.37. The van der Waals surface area contributed by atoms with Gasteiger partial charge in [-0.05, 0) is 29.3 Å². The van der Waals surface area contributed by atoms with Crippen molar-refractivity contribution in [3.8, 4) is 16.5 Å². The smallest absolute Gasteiger partial charge is 0.262 e. The first-order valence-corrected chi connectivity index (χ1v) is 12.0. The number of aromatic nitrogens is 2. The van der Waals surface area contributed by atoms with E-state index in [-0.39, 0.29) is 18.0 Å². The van der Waals surface area contributed by atoms with E-state index in [2.05, 4.69) is 16.0 Å². The maximum absolute atomic E-state index is 13.0. The number of fused-ring (bicyclic) bond motifs is 1. The van der Waals surface area contributed by atoms with Gasteiger partial charge in [0, 0.05) is 37.6 Å². The van der Waals surface area contributed by atoms with E-state index in [4.69, 9.17) is 5.26 Å². The first-order valence-electron chi connectivity index (χ1n) is 11.1. The quantitative estimate of drug-likeness (QED) is 0.448. The molecule has 1 fully saturated rings. The molecule has 0 bridgehead atoms. The van der Waals surface area contributed by atoms with Gasteiger partial charge in [-0.15, -0.1) is 11.3 Å². The predicted molar refractivity (Wildman–Crippen MR) is 132 cm³/mol. The molecular weight excluding hydrogens is 446 g/mol. The van der Waals surface area contributed by atoms with Gasteiger partial charge in [-0.3, -0.25) is 19.1 Å². The maximum Gasteiger partial charge on any atom is 0.262 e. The van der Waals surface area contributed by atoms with Crippen molar-refractivity contribution < 1.29 is 4.79 Å². The number of nitrogens with zero attached hydrogens (tertiary/aromatic N) is 5. The van der Waals surface area contributed by atoms with Crippen molar-refractivity contribution in [3.63, 3.8) is 0 Å². The van der Waals surface area contributed by atoms with Crippen molar-refractivity contribution >= 4 is 27.5 Å². The number of nitriles is 1. The Labute approximate surface area is 201 Å². The molecule has 0 unspecified atom stereocenters. The minimum atomic E-state index is -0.184. The zero-order chi connectivity index (χ0) is 23.5. The molecule has 1 aliphatic heterocycles. The van der Waals surface area contributed by atoms with Crippen LogP contribution in [0, 0.1) is 11.3 Å². The lowest BCUT2D eigenvalue weighted by Crippen LogP contribution is -2.49. The Morgan fingerprint density at radius 3 is 2.47 bits per heavy atom. The van der Waals surface area contributed by atoms with Gasteiger partial charge in [-0.1, -0.05) is 42.5 Å². The average Bonchev–Trinajstić information content (AvgIpc) is 3.32. The normalized spacial score (nSPS) is 14.3. The third-order valence-corrected chi connectivity index (χ3v) is 7.19. The molecule has 0 saturated carbocycles. The molecule has 2 aromatic heterocycles. The Balaban J connectivity index is 1.22. The molecule has 7 nitrogen and oxygen atoms in total. The Hall–Kier alpha value is -3.80. The summed E-state index contributed by atoms with van der Waals surface area (Å²) in [6, 6.07) is 21.5. The molecule has 0 atom stereocenters. The van der Waals surface area contributed by atoms with Crippen LogP contribution in [0.4, 0.5) is 0 Å². The minimum absolute atomic E-state index is 0.00604. The molecule has 34 heavy (non-hydrogen) atoms. The summed E-state index contributed by atoms with van der Waals surface area (Å²) in [6.45, 7) is 3.56. The topological polar surface area (TPSA) is 82.2 Å². The molecule has 8 heteroatoms. The molecule has 0 N–H and O–H groups in total. The molecule has 0 radical (unpaired) electrons. The summed E-state index contributed by atoms with van der Waals surface area (Å²) < 4.78 is 1.41. The molecule has 0 aliphatic carbocycles. The van der Waals surface area contributed by atoms with E-state index in [0.29, 0.717) is 28.9 Å². The Bertz CT molecular complexity index is 1410. The summed E-state index contributed by atoms with van der Waals surface area (Å²) in [7, 11) is 0. The largest absolute Gasteiger partial charge is 0.339 e. The average molecular weight is 470 g/mol. The molecule has 4 aromatic rings. The number of hydrogen-bond donors (Lipinski definition) is 0. The van der Waals surface area contributed by atoms with E-state index in [1.807, 2.05) is 65.6 Å². The Kier molecular flexibility index (Phi) is 6.21. The van der Waals surface area contributed by atoms with E-state index in [1.54, 1.807) is 0 Å². The second-order valence-electron chi connectivity index (χ2n) is 8.34. The fraction of sp³-hybridized carbons (Fsp3) is 0.231. The lowest BCUT2D eigenvalue weighted by Gasteiger charge is -2.34. The standard InChI is InChI=1S/C26H23N5O2S/c27-15-19-6-8-20(9-7-19)16-29-10-12-30(13-11-29)24(32)17-31-18-28-25-22(26(31)33)14-23(34-25)21-4-2-1-3-5-21/h1-9,14,18H,10-13,16-17H2. The van der Waals surface area contributed by atoms with Crippen LogP contribution in [0.15, 0.2) is 71.8 Å². The van der Waals surface area contributed by atoms with Crippen LogP contribution in [-0.4, -0.2) is 51.4 Å². The highest BCUT2D eigenvalue weighted by atomic mass is 32.1. The molecular formula is C26H23N5O2S. The van der Waals surface area contributed by atoms with Gasteiger partial charge in [-0.2, -0.15) is 5.26 Å². The van der Waals surface area contributed by atoms with Crippen molar-refractivity contribution in [2.45, 2.75) is 13.1 Å². The van der Waals surface area contributed by atoms with E-state index >= 15 is 0 Å². The third kappa shape index (κ3) is 4.62. The predicted octanol–water partition coefficient (Wildman–Crippen LogP) is 3.34. The van der Waals surface area contributed by atoms with Crippen LogP contribution in [0.5, 0.6) is 0 Å². The van der Waals surface area contributed by atoms with E-state index in [1.165, 1.54) is 22.2 Å². The summed E-state index contributed by atoms with van der Waals surface area (Å²) >= 11 is 1.48. The van der Waals surface area contributed by atoms with Crippen LogP contribution >= 0.6 is 11.3 Å². The van der Waals surface area contributed by atoms with Crippen LogP contribution in [0.3, 0.4) is 0 Å². The van der Waals surface area contributed by atoms with E-state index in [9.17, 15) is 9.59 Å². The van der Waals surface area contributed by atoms with Gasteiger partial charge in [0.25, 0.3) is 5.56 Å². The maximum atomic E-state index is 13.0. The van der Waals surface area contributed by atoms with Gasteiger partial charge in [0.15, 0.2) is 0 Å². The Morgan fingerprint density at radius 1 is 1.03 bits per heavy atom. The molecule has 3 heterocycles. The number of thiophene rings is 1. The van der Waals surface area contributed by atoms with Crippen LogP contribution in [-0.2, 0) is 17.9 Å². The molecule has 1 aliphatic rings. The highest BCUT2D eigenvalue weighted by molar-refractivity contribution is 7.21. The molecule has 5 rings (SSSR count). The van der Waals surface area contributed by atoms with Crippen molar-refractivity contribution in [3.05, 3.63) is 88.5 Å². The summed E-state index contributed by atoms with van der Waals surface area (Å²) in [4.78, 5) is 36.2. The van der Waals surface area contributed by atoms with Crippen molar-refractivity contribution in [2.24, 2.45) is 0 Å². The number of piperazine rings is 1. The first-order chi connectivity index (χ1) is 16.6. The first kappa shape index (κ1) is 22.0. The van der Waals surface area contributed by atoms with Gasteiger partial charge in [0.05, 0.1) is 23.3 Å². The number of amides is 1. The van der Waals surface area contributed by atoms with Crippen LogP contribution in [0.25, 0.3) is 20.7 Å². The highest BCUT2D eigenvalue weighted by Crippen LogP contribution is 2.30. The SMILES string of the molecule is N#Cc1ccc(CN2CCN(C(=O)Cn3cnc4sc(-c5ccccc5)cc4c3=O)CC2)cc1. The van der Waals surface area contributed by atoms with Crippen LogP contribution < -0.4 is 5.56 Å². The van der Waals surface area contributed by atoms with E-state index in [0.717, 1.165) is 35.6 Å². The lowest BCUT2D eigenvalue weighted by molar-refractivity contribution is -0.133. The number of benzene rings is 2. The summed E-state index contributed by atoms with van der Waals surface area (Å²) in [5.41, 5.74) is 2.67. The van der Waals surface area contributed by atoms with E-state index < -0.39 is 0 Å². The highest BCUT2D eigenvalue weighted by Gasteiger charge is 2.22. The van der Waals surface area contributed by atoms with Gasteiger partial charge in [0.1, 0.15) is 11.4 Å². The lowest BCUT2D eigenvalue weighted by atomic mass is 10.1. The Morgan fingerprint density at radius 2 is 1.76 bits per heavy atom. The molecule has 170 valence electrons. The number of rotatable bonds is 5. The summed E-state index contributed by atoms with van der Waals surface area (Å²) in [5.74, 6) is -0.0696. The molecule has 1 amide bonds. The third-order valence-electron chi connectivity index (χ3n) is 6.10. The number of hydrogen-bond acceptors (Lipinski definition) is 6. The zero-order valence-electron chi connectivity index (χ0n) is 18.6. The van der Waals surface area contributed by atoms with Crippen LogP contribution in [0.1, 0.15) is 11.1 Å². The minimum Gasteiger partial charge on any atom is -0.339 e. The monoisotopic (exact) mass is 469 g/mol. The summed E-state index contributed by atoms with van der Waals surface area (Å²) in [5, 5.41) is 9.48. The van der Waals surface area contributed by atoms with Crippen LogP contribution in [0.2, 0.25) is 0 Å². The fourth-order valence-corrected chi connectivity index (χ4v) is 5.16. The second kappa shape index (κ2) is 9.59. The summed E-state index contributed by atoms with van der Waals surface area (Å²) in [6.07, 6.45) is 1.48. The van der Waals surface area contributed by atoms with Crippen molar-refractivity contribution in [2.75, 3.05) is 26.2 Å². The van der Waals surface area contributed by atoms with Crippen molar-refractivity contribution in [1.82, 2.24) is 19.4 Å². The van der Waals surface area contributed by atoms with Gasteiger partial charge in [-0.25, -0.2) is 4.98 Å². The number of carbonyl (C=O) groups is 1. The number of carbonyl (C=O) groups excluding carboxylic acids is 1. The van der Waals surface area contributed by atoms with Gasteiger partial charge in [0.2, 0.25) is 5.91 Å². The molecule has 1 saturated heterocycles. The van der Waals surface area contributed by atoms with Crippen molar-refractivity contribution in [1.29, 1.82) is 5.26 Å². The molecule has 0 spiro atoms. The molecule has 2 aromatic carbocycles. The zero-order valence-corrected chi connectivity index (χ0v) is 19.4. The van der Waals surface area contributed by atoms with Gasteiger partial charge >= 0.3 is 0 Å².